The fourth-order valence-electron chi connectivity index (χ4n) is 3.66. The zero-order valence-corrected chi connectivity index (χ0v) is 17.2. The van der Waals surface area contributed by atoms with Crippen molar-refractivity contribution in [2.24, 2.45) is 5.73 Å². The number of benzene rings is 1. The maximum absolute atomic E-state index is 13.0. The van der Waals surface area contributed by atoms with E-state index < -0.39 is 0 Å². The molecular weight excluding hydrogens is 399 g/mol. The first kappa shape index (κ1) is 22.1. The predicted molar refractivity (Wildman–Crippen MR) is 114 cm³/mol. The van der Waals surface area contributed by atoms with Gasteiger partial charge >= 0.3 is 0 Å². The van der Waals surface area contributed by atoms with Gasteiger partial charge in [0.25, 0.3) is 5.91 Å². The van der Waals surface area contributed by atoms with Crippen LogP contribution in [0.15, 0.2) is 36.5 Å². The van der Waals surface area contributed by atoms with E-state index in [1.807, 2.05) is 42.2 Å². The molecule has 0 bridgehead atoms. The third kappa shape index (κ3) is 3.83. The number of nitrogens with two attached hydrogens (primary N) is 1. The van der Waals surface area contributed by atoms with Crippen molar-refractivity contribution in [3.63, 3.8) is 0 Å². The molecule has 9 heteroatoms. The number of amides is 1. The molecule has 1 fully saturated rings. The number of hydrogen-bond acceptors (Lipinski definition) is 5. The SMILES string of the molecule is Cc1c(C(=O)N2CCCCC2CN)nnn1-c1cccc2cccnc12.Cl.Cl. The van der Waals surface area contributed by atoms with Crippen molar-refractivity contribution >= 4 is 41.6 Å². The second-order valence-electron chi connectivity index (χ2n) is 6.67. The first-order valence-corrected chi connectivity index (χ1v) is 8.98. The molecule has 0 aliphatic carbocycles. The monoisotopic (exact) mass is 422 g/mol. The molecule has 1 atom stereocenters. The number of hydrogen-bond donors (Lipinski definition) is 1. The summed E-state index contributed by atoms with van der Waals surface area (Å²) in [7, 11) is 0. The molecule has 4 rings (SSSR count). The van der Waals surface area contributed by atoms with E-state index in [1.165, 1.54) is 0 Å². The van der Waals surface area contributed by atoms with Crippen LogP contribution in [-0.4, -0.2) is 49.9 Å². The van der Waals surface area contributed by atoms with E-state index in [9.17, 15) is 4.79 Å². The van der Waals surface area contributed by atoms with Crippen molar-refractivity contribution in [1.82, 2.24) is 24.9 Å². The maximum atomic E-state index is 13.0. The van der Waals surface area contributed by atoms with Crippen LogP contribution in [0.4, 0.5) is 0 Å². The van der Waals surface area contributed by atoms with Gasteiger partial charge in [-0.2, -0.15) is 0 Å². The molecule has 28 heavy (non-hydrogen) atoms. The molecule has 3 heterocycles. The minimum absolute atomic E-state index is 0. The fraction of sp³-hybridized carbons (Fsp3) is 0.368. The maximum Gasteiger partial charge on any atom is 0.276 e. The van der Waals surface area contributed by atoms with Crippen molar-refractivity contribution in [2.45, 2.75) is 32.2 Å². The van der Waals surface area contributed by atoms with E-state index in [4.69, 9.17) is 5.73 Å². The van der Waals surface area contributed by atoms with Gasteiger partial charge in [0.15, 0.2) is 5.69 Å². The number of carbonyl (C=O) groups excluding carboxylic acids is 1. The number of pyridine rings is 1. The summed E-state index contributed by atoms with van der Waals surface area (Å²) in [4.78, 5) is 19.4. The molecule has 1 saturated heterocycles. The highest BCUT2D eigenvalue weighted by Gasteiger charge is 2.30. The lowest BCUT2D eigenvalue weighted by molar-refractivity contribution is 0.0616. The second kappa shape index (κ2) is 9.32. The van der Waals surface area contributed by atoms with Gasteiger partial charge < -0.3 is 10.6 Å². The van der Waals surface area contributed by atoms with Crippen molar-refractivity contribution in [3.05, 3.63) is 47.9 Å². The number of likely N-dealkylation sites (tertiary alicyclic amines) is 1. The average molecular weight is 423 g/mol. The first-order chi connectivity index (χ1) is 12.7. The Kier molecular flexibility index (Phi) is 7.35. The first-order valence-electron chi connectivity index (χ1n) is 8.98. The lowest BCUT2D eigenvalue weighted by atomic mass is 10.0. The molecule has 0 radical (unpaired) electrons. The molecular formula is C19H24Cl2N6O. The number of nitrogens with zero attached hydrogens (tertiary/aromatic N) is 5. The van der Waals surface area contributed by atoms with E-state index in [2.05, 4.69) is 15.3 Å². The molecule has 1 aliphatic heterocycles. The summed E-state index contributed by atoms with van der Waals surface area (Å²) in [6, 6.07) is 9.89. The van der Waals surface area contributed by atoms with Crippen molar-refractivity contribution in [1.29, 1.82) is 0 Å². The van der Waals surface area contributed by atoms with Crippen molar-refractivity contribution in [2.75, 3.05) is 13.1 Å². The van der Waals surface area contributed by atoms with Crippen LogP contribution in [0, 0.1) is 6.92 Å². The number of aromatic nitrogens is 4. The summed E-state index contributed by atoms with van der Waals surface area (Å²) >= 11 is 0. The van der Waals surface area contributed by atoms with Gasteiger partial charge in [-0.1, -0.05) is 23.4 Å². The van der Waals surface area contributed by atoms with E-state index in [0.717, 1.165) is 48.1 Å². The minimum Gasteiger partial charge on any atom is -0.333 e. The number of rotatable bonds is 3. The van der Waals surface area contributed by atoms with Gasteiger partial charge in [0.1, 0.15) is 0 Å². The zero-order valence-electron chi connectivity index (χ0n) is 15.6. The molecule has 2 aromatic heterocycles. The number of piperidine rings is 1. The van der Waals surface area contributed by atoms with Gasteiger partial charge in [0.05, 0.1) is 16.9 Å². The van der Waals surface area contributed by atoms with Gasteiger partial charge in [-0.25, -0.2) is 4.68 Å². The number of carbonyl (C=O) groups is 1. The summed E-state index contributed by atoms with van der Waals surface area (Å²) in [5, 5.41) is 9.47. The molecule has 2 N–H and O–H groups in total. The third-order valence-corrected chi connectivity index (χ3v) is 5.10. The molecule has 3 aromatic rings. The fourth-order valence-corrected chi connectivity index (χ4v) is 3.66. The minimum atomic E-state index is -0.0860. The van der Waals surface area contributed by atoms with Crippen molar-refractivity contribution < 1.29 is 4.79 Å². The van der Waals surface area contributed by atoms with E-state index in [-0.39, 0.29) is 36.8 Å². The molecule has 150 valence electrons. The molecule has 1 aromatic carbocycles. The summed E-state index contributed by atoms with van der Waals surface area (Å²) in [5.74, 6) is -0.0860. The van der Waals surface area contributed by atoms with Gasteiger partial charge in [0, 0.05) is 30.7 Å². The summed E-state index contributed by atoms with van der Waals surface area (Å²) in [5.41, 5.74) is 8.62. The van der Waals surface area contributed by atoms with Crippen molar-refractivity contribution in [3.8, 4) is 5.69 Å². The van der Waals surface area contributed by atoms with Crippen LogP contribution in [0.1, 0.15) is 35.4 Å². The van der Waals surface area contributed by atoms with Crippen LogP contribution in [0.3, 0.4) is 0 Å². The number of halogens is 2. The molecule has 1 unspecified atom stereocenters. The Morgan fingerprint density at radius 1 is 1.21 bits per heavy atom. The summed E-state index contributed by atoms with van der Waals surface area (Å²) < 4.78 is 1.70. The number of fused-ring (bicyclic) bond motifs is 1. The largest absolute Gasteiger partial charge is 0.333 e. The molecule has 0 saturated carbocycles. The molecule has 1 aliphatic rings. The third-order valence-electron chi connectivity index (χ3n) is 5.10. The Labute approximate surface area is 176 Å². The Bertz CT molecular complexity index is 955. The zero-order chi connectivity index (χ0) is 18.1. The molecule has 0 spiro atoms. The van der Waals surface area contributed by atoms with Crippen LogP contribution >= 0.6 is 24.8 Å². The standard InChI is InChI=1S/C19H22N6O.2ClH/c1-13-17(19(26)24-11-3-2-8-15(24)12-20)22-23-25(13)16-9-4-6-14-7-5-10-21-18(14)16;;/h4-7,9-10,15H,2-3,8,11-12,20H2,1H3;2*1H. The highest BCUT2D eigenvalue weighted by molar-refractivity contribution is 5.94. The van der Waals surface area contributed by atoms with E-state index in [1.54, 1.807) is 10.9 Å². The quantitative estimate of drug-likeness (QED) is 0.700. The summed E-state index contributed by atoms with van der Waals surface area (Å²) in [6.45, 7) is 3.07. The predicted octanol–water partition coefficient (Wildman–Crippen LogP) is 2.92. The average Bonchev–Trinajstić information content (AvgIpc) is 3.08. The Morgan fingerprint density at radius 3 is 2.79 bits per heavy atom. The van der Waals surface area contributed by atoms with E-state index in [0.29, 0.717) is 12.2 Å². The van der Waals surface area contributed by atoms with Gasteiger partial charge in [-0.3, -0.25) is 9.78 Å². The van der Waals surface area contributed by atoms with Crippen LogP contribution in [0.5, 0.6) is 0 Å². The summed E-state index contributed by atoms with van der Waals surface area (Å²) in [6.07, 6.45) is 4.81. The normalized spacial score (nSPS) is 16.4. The number of para-hydroxylation sites is 1. The van der Waals surface area contributed by atoms with Gasteiger partial charge in [-0.15, -0.1) is 29.9 Å². The Balaban J connectivity index is 0.00000140. The molecule has 7 nitrogen and oxygen atoms in total. The van der Waals surface area contributed by atoms with Crippen LogP contribution in [-0.2, 0) is 0 Å². The smallest absolute Gasteiger partial charge is 0.276 e. The highest BCUT2D eigenvalue weighted by Crippen LogP contribution is 2.23. The topological polar surface area (TPSA) is 89.9 Å². The Morgan fingerprint density at radius 2 is 2.00 bits per heavy atom. The lowest BCUT2D eigenvalue weighted by Crippen LogP contribution is -2.47. The Hall–Kier alpha value is -2.22. The van der Waals surface area contributed by atoms with Gasteiger partial charge in [0.2, 0.25) is 0 Å². The van der Waals surface area contributed by atoms with E-state index >= 15 is 0 Å². The highest BCUT2D eigenvalue weighted by atomic mass is 35.5. The van der Waals surface area contributed by atoms with Crippen LogP contribution in [0.2, 0.25) is 0 Å². The molecule has 1 amide bonds. The van der Waals surface area contributed by atoms with Crippen LogP contribution in [0.25, 0.3) is 16.6 Å². The second-order valence-corrected chi connectivity index (χ2v) is 6.67. The van der Waals surface area contributed by atoms with Crippen LogP contribution < -0.4 is 5.73 Å². The lowest BCUT2D eigenvalue weighted by Gasteiger charge is -2.34. The van der Waals surface area contributed by atoms with Gasteiger partial charge in [-0.05, 0) is 38.3 Å².